The van der Waals surface area contributed by atoms with Gasteiger partial charge in [-0.15, -0.1) is 0 Å². The Bertz CT molecular complexity index is 490. The molecule has 243 valence electrons. The molecule has 41 heavy (non-hydrogen) atoms. The first kappa shape index (κ1) is 36.7. The zero-order chi connectivity index (χ0) is 28.5. The summed E-state index contributed by atoms with van der Waals surface area (Å²) in [7, 11) is 2.15. The summed E-state index contributed by atoms with van der Waals surface area (Å²) in [6.07, 6.45) is 47.2. The van der Waals surface area contributed by atoms with Crippen molar-refractivity contribution in [2.45, 2.75) is 227 Å². The SMILES string of the molecule is C1CCC(P(C2CCCCC2)C2CCCCC2)CC1.C1CCC(P(C2CCCCC2)C2CCCCC2)CC1.[I][Co][I]. The molecule has 0 N–H and O–H groups in total. The van der Waals surface area contributed by atoms with Crippen molar-refractivity contribution in [3.8, 4) is 0 Å². The van der Waals surface area contributed by atoms with Gasteiger partial charge in [-0.1, -0.05) is 131 Å². The summed E-state index contributed by atoms with van der Waals surface area (Å²) >= 11 is 4.49. The van der Waals surface area contributed by atoms with E-state index in [-0.39, 0.29) is 0 Å². The normalized spacial score (nSPS) is 27.3. The van der Waals surface area contributed by atoms with Gasteiger partial charge in [0.15, 0.2) is 0 Å². The predicted octanol–water partition coefficient (Wildman–Crippen LogP) is 14.7. The average molecular weight is 874 g/mol. The second kappa shape index (κ2) is 22.4. The van der Waals surface area contributed by atoms with E-state index >= 15 is 0 Å². The van der Waals surface area contributed by atoms with Gasteiger partial charge in [-0.2, -0.15) is 0 Å². The summed E-state index contributed by atoms with van der Waals surface area (Å²) in [4.78, 5) is 0. The molecule has 6 aliphatic rings. The molecule has 0 saturated heterocycles. The molecule has 0 unspecified atom stereocenters. The van der Waals surface area contributed by atoms with E-state index in [1.54, 1.807) is 154 Å². The van der Waals surface area contributed by atoms with Crippen LogP contribution in [0.5, 0.6) is 0 Å². The third-order valence-corrected chi connectivity index (χ3v) is 20.1. The van der Waals surface area contributed by atoms with Crippen molar-refractivity contribution in [1.29, 1.82) is 0 Å². The summed E-state index contributed by atoms with van der Waals surface area (Å²) in [5.41, 5.74) is 7.14. The molecule has 0 aliphatic heterocycles. The molecular weight excluding hydrogens is 807 g/mol. The van der Waals surface area contributed by atoms with Crippen molar-refractivity contribution in [1.82, 2.24) is 0 Å². The summed E-state index contributed by atoms with van der Waals surface area (Å²) in [6, 6.07) is 0. The van der Waals surface area contributed by atoms with Crippen molar-refractivity contribution < 1.29 is 8.26 Å². The van der Waals surface area contributed by atoms with E-state index in [4.69, 9.17) is 0 Å². The van der Waals surface area contributed by atoms with Crippen LogP contribution in [0.4, 0.5) is 0 Å². The molecular formula is C36H66CoI2P2. The van der Waals surface area contributed by atoms with Gasteiger partial charge in [0.05, 0.1) is 0 Å². The van der Waals surface area contributed by atoms with Crippen molar-refractivity contribution in [3.05, 3.63) is 0 Å². The van der Waals surface area contributed by atoms with Gasteiger partial charge in [-0.25, -0.2) is 0 Å². The molecule has 0 atom stereocenters. The van der Waals surface area contributed by atoms with E-state index in [9.17, 15) is 0 Å². The third kappa shape index (κ3) is 12.7. The van der Waals surface area contributed by atoms with Crippen molar-refractivity contribution in [2.75, 3.05) is 0 Å². The Balaban J connectivity index is 0.000000173. The summed E-state index contributed by atoms with van der Waals surface area (Å²) < 4.78 is 0. The van der Waals surface area contributed by atoms with E-state index in [1.165, 1.54) is 80.7 Å². The zero-order valence-electron chi connectivity index (χ0n) is 26.7. The molecule has 6 rings (SSSR count). The van der Waals surface area contributed by atoms with Crippen LogP contribution < -0.4 is 0 Å². The molecule has 0 bridgehead atoms. The topological polar surface area (TPSA) is 0 Å². The predicted molar refractivity (Wildman–Crippen MR) is 203 cm³/mol. The van der Waals surface area contributed by atoms with Crippen LogP contribution in [0.1, 0.15) is 193 Å². The van der Waals surface area contributed by atoms with Crippen LogP contribution in [-0.2, 0) is 8.26 Å². The van der Waals surface area contributed by atoms with Crippen molar-refractivity contribution in [3.63, 3.8) is 0 Å². The number of halogens is 2. The van der Waals surface area contributed by atoms with Crippen LogP contribution in [0.2, 0.25) is 0 Å². The van der Waals surface area contributed by atoms with Crippen molar-refractivity contribution in [2.24, 2.45) is 0 Å². The van der Waals surface area contributed by atoms with Crippen LogP contribution in [-0.4, -0.2) is 34.0 Å². The third-order valence-electron chi connectivity index (χ3n) is 12.0. The van der Waals surface area contributed by atoms with Gasteiger partial charge < -0.3 is 0 Å². The molecule has 0 nitrogen and oxygen atoms in total. The van der Waals surface area contributed by atoms with Crippen LogP contribution in [0.15, 0.2) is 0 Å². The molecule has 0 aromatic rings. The molecule has 0 radical (unpaired) electrons. The van der Waals surface area contributed by atoms with E-state index in [2.05, 4.69) is 40.8 Å². The van der Waals surface area contributed by atoms with Gasteiger partial charge >= 0.3 is 49.1 Å². The van der Waals surface area contributed by atoms with E-state index in [0.29, 0.717) is 15.8 Å². The van der Waals surface area contributed by atoms with Gasteiger partial charge in [0.2, 0.25) is 0 Å². The molecule has 0 aromatic carbocycles. The quantitative estimate of drug-likeness (QED) is 0.184. The van der Waals surface area contributed by atoms with E-state index < -0.39 is 0 Å². The first-order valence-corrected chi connectivity index (χ1v) is 28.5. The molecule has 6 aliphatic carbocycles. The van der Waals surface area contributed by atoms with Gasteiger partial charge in [0, 0.05) is 0 Å². The fourth-order valence-electron chi connectivity index (χ4n) is 10.1. The number of hydrogen-bond acceptors (Lipinski definition) is 0. The molecule has 6 fully saturated rings. The molecule has 5 heteroatoms. The van der Waals surface area contributed by atoms with Gasteiger partial charge in [-0.05, 0) is 111 Å². The Hall–Kier alpha value is 2.83. The Kier molecular flexibility index (Phi) is 20.0. The maximum absolute atomic E-state index is 2.24. The minimum atomic E-state index is 0.385. The van der Waals surface area contributed by atoms with E-state index in [0.717, 1.165) is 0 Å². The number of rotatable bonds is 6. The standard InChI is InChI=1S/2C18H33P.Co.2HI/c2*1-4-10-16(11-5-1)19(17-12-6-2-7-13-17)18-14-8-3-9-15-18;;;/h2*16-18H,1-15H2;;2*1H/q;;+2;;/p-2. The molecule has 0 spiro atoms. The average Bonchev–Trinajstić information content (AvgIpc) is 3.05. The van der Waals surface area contributed by atoms with Crippen LogP contribution in [0.3, 0.4) is 0 Å². The monoisotopic (exact) mass is 873 g/mol. The summed E-state index contributed by atoms with van der Waals surface area (Å²) in [5.74, 6) is 0. The summed E-state index contributed by atoms with van der Waals surface area (Å²) in [5, 5.41) is 0. The van der Waals surface area contributed by atoms with Crippen LogP contribution >= 0.6 is 56.7 Å². The molecule has 6 saturated carbocycles. The van der Waals surface area contributed by atoms with E-state index in [1.807, 2.05) is 0 Å². The Morgan fingerprint density at radius 2 is 0.390 bits per heavy atom. The maximum atomic E-state index is 2.24. The first-order valence-electron chi connectivity index (χ1n) is 18.7. The summed E-state index contributed by atoms with van der Waals surface area (Å²) in [6.45, 7) is 0. The Morgan fingerprint density at radius 1 is 0.268 bits per heavy atom. The Labute approximate surface area is 288 Å². The Morgan fingerprint density at radius 3 is 0.512 bits per heavy atom. The van der Waals surface area contributed by atoms with Gasteiger partial charge in [-0.3, -0.25) is 0 Å². The second-order valence-electron chi connectivity index (χ2n) is 14.7. The second-order valence-corrected chi connectivity index (χ2v) is 29.7. The van der Waals surface area contributed by atoms with Gasteiger partial charge in [0.25, 0.3) is 0 Å². The zero-order valence-corrected chi connectivity index (χ0v) is 33.8. The van der Waals surface area contributed by atoms with Crippen molar-refractivity contribution >= 4 is 56.7 Å². The fourth-order valence-corrected chi connectivity index (χ4v) is 19.4. The molecule has 0 aromatic heterocycles. The molecule has 0 amide bonds. The number of hydrogen-bond donors (Lipinski definition) is 0. The first-order chi connectivity index (χ1) is 20.3. The fraction of sp³-hybridized carbons (Fsp3) is 1.00. The van der Waals surface area contributed by atoms with Crippen LogP contribution in [0.25, 0.3) is 0 Å². The molecule has 0 heterocycles. The van der Waals surface area contributed by atoms with Gasteiger partial charge in [0.1, 0.15) is 0 Å². The minimum absolute atomic E-state index is 0.385. The van der Waals surface area contributed by atoms with Crippen LogP contribution in [0, 0.1) is 0 Å².